The van der Waals surface area contributed by atoms with Crippen molar-refractivity contribution in [1.82, 2.24) is 20.2 Å². The van der Waals surface area contributed by atoms with Crippen LogP contribution in [0.4, 0.5) is 11.6 Å². The van der Waals surface area contributed by atoms with Crippen molar-refractivity contribution in [2.75, 3.05) is 31.1 Å². The van der Waals surface area contributed by atoms with E-state index >= 15 is 0 Å². The average molecular weight is 468 g/mol. The van der Waals surface area contributed by atoms with Gasteiger partial charge in [-0.05, 0) is 31.6 Å². The first-order valence-electron chi connectivity index (χ1n) is 10.7. The Balaban J connectivity index is 1.69. The number of carbonyl (C=O) groups is 1. The summed E-state index contributed by atoms with van der Waals surface area (Å²) in [6, 6.07) is 0. The van der Waals surface area contributed by atoms with E-state index in [4.69, 9.17) is 40.3 Å². The number of nitrogen functional groups attached to an aromatic ring is 2. The lowest BCUT2D eigenvalue weighted by Crippen LogP contribution is -2.42. The molecule has 1 fully saturated rings. The quantitative estimate of drug-likeness (QED) is 0.166. The molecule has 178 valence electrons. The smallest absolute Gasteiger partial charge is 0.280 e. The van der Waals surface area contributed by atoms with Crippen molar-refractivity contribution in [3.05, 3.63) is 10.8 Å². The zero-order valence-electron chi connectivity index (χ0n) is 18.4. The molecule has 13 heteroatoms. The molecule has 0 aliphatic carbocycles. The summed E-state index contributed by atoms with van der Waals surface area (Å²) in [6.45, 7) is 4.60. The minimum atomic E-state index is -0.643. The topological polar surface area (TPSA) is 213 Å². The van der Waals surface area contributed by atoms with Crippen LogP contribution >= 0.6 is 11.6 Å². The number of nitrogens with zero attached hydrogens (tertiary/aromatic N) is 5. The molecule has 11 N–H and O–H groups in total. The van der Waals surface area contributed by atoms with Crippen molar-refractivity contribution in [2.45, 2.75) is 51.6 Å². The Morgan fingerprint density at radius 1 is 1.19 bits per heavy atom. The summed E-state index contributed by atoms with van der Waals surface area (Å²) in [7, 11) is 0. The maximum absolute atomic E-state index is 12.2. The van der Waals surface area contributed by atoms with Gasteiger partial charge in [-0.1, -0.05) is 31.4 Å². The number of likely N-dealkylation sites (tertiary alicyclic amines) is 1. The molecule has 2 heterocycles. The van der Waals surface area contributed by atoms with Crippen LogP contribution in [-0.4, -0.2) is 58.5 Å². The normalized spacial score (nSPS) is 16.5. The highest BCUT2D eigenvalue weighted by molar-refractivity contribution is 6.31. The molecule has 0 bridgehead atoms. The molecule has 1 aliphatic rings. The number of halogens is 1. The van der Waals surface area contributed by atoms with Gasteiger partial charge in [0.25, 0.3) is 5.91 Å². The molecule has 1 atom stereocenters. The Morgan fingerprint density at radius 3 is 2.50 bits per heavy atom. The van der Waals surface area contributed by atoms with Gasteiger partial charge >= 0.3 is 0 Å². The van der Waals surface area contributed by atoms with E-state index in [0.717, 1.165) is 51.6 Å². The molecule has 12 nitrogen and oxygen atoms in total. The second-order valence-electron chi connectivity index (χ2n) is 7.77. The Hall–Kier alpha value is -2.86. The number of nitrogens with two attached hydrogens (primary N) is 5. The SMILES string of the molecule is CCC(N=C(N)N)N1CCC(CCCCN=C(N)NC(=O)c2nc(Cl)c(N)nc2N)CC1. The van der Waals surface area contributed by atoms with Crippen LogP contribution in [0.1, 0.15) is 55.9 Å². The van der Waals surface area contributed by atoms with Gasteiger partial charge in [0.05, 0.1) is 0 Å². The maximum Gasteiger partial charge on any atom is 0.280 e. The highest BCUT2D eigenvalue weighted by Gasteiger charge is 2.23. The minimum absolute atomic E-state index is 0.0113. The number of nitrogens with one attached hydrogen (secondary N) is 1. The summed E-state index contributed by atoms with van der Waals surface area (Å²) in [4.78, 5) is 30.6. The molecule has 1 saturated heterocycles. The number of piperidine rings is 1. The molecular weight excluding hydrogens is 434 g/mol. The molecule has 1 aromatic rings. The molecule has 0 saturated carbocycles. The summed E-state index contributed by atoms with van der Waals surface area (Å²) < 4.78 is 0. The fourth-order valence-electron chi connectivity index (χ4n) is 3.71. The van der Waals surface area contributed by atoms with Crippen molar-refractivity contribution in [1.29, 1.82) is 0 Å². The predicted molar refractivity (Wildman–Crippen MR) is 128 cm³/mol. The third-order valence-corrected chi connectivity index (χ3v) is 5.68. The first-order valence-corrected chi connectivity index (χ1v) is 11.1. The van der Waals surface area contributed by atoms with E-state index in [9.17, 15) is 4.79 Å². The van der Waals surface area contributed by atoms with E-state index in [1.807, 2.05) is 0 Å². The van der Waals surface area contributed by atoms with Gasteiger partial charge in [-0.25, -0.2) is 15.0 Å². The first kappa shape index (κ1) is 25.4. The van der Waals surface area contributed by atoms with Crippen LogP contribution < -0.4 is 34.0 Å². The summed E-state index contributed by atoms with van der Waals surface area (Å²) in [5.74, 6) is -0.0120. The van der Waals surface area contributed by atoms with Crippen LogP contribution in [0, 0.1) is 5.92 Å². The largest absolute Gasteiger partial charge is 0.382 e. The molecular formula is C19H34ClN11O. The van der Waals surface area contributed by atoms with Gasteiger partial charge in [0.1, 0.15) is 6.17 Å². The monoisotopic (exact) mass is 467 g/mol. The standard InChI is InChI=1S/C19H34ClN11O/c1-2-12(27-18(23)24)31-9-6-11(7-10-31)5-3-4-8-26-19(25)30-17(32)13-15(21)29-16(22)14(20)28-13/h11-12H,2-10H2,1H3,(H4,21,22,29)(H4,23,24,27)(H3,25,26,30,32). The van der Waals surface area contributed by atoms with Crippen molar-refractivity contribution < 1.29 is 4.79 Å². The number of carbonyl (C=O) groups excluding carboxylic acids is 1. The Labute approximate surface area is 193 Å². The van der Waals surface area contributed by atoms with Crippen LogP contribution in [0.2, 0.25) is 5.15 Å². The van der Waals surface area contributed by atoms with Crippen LogP contribution in [0.15, 0.2) is 9.98 Å². The van der Waals surface area contributed by atoms with Crippen LogP contribution in [-0.2, 0) is 0 Å². The van der Waals surface area contributed by atoms with Gasteiger partial charge in [-0.15, -0.1) is 0 Å². The van der Waals surface area contributed by atoms with E-state index in [-0.39, 0.29) is 40.6 Å². The van der Waals surface area contributed by atoms with Crippen molar-refractivity contribution in [2.24, 2.45) is 33.1 Å². The molecule has 0 radical (unpaired) electrons. The van der Waals surface area contributed by atoms with E-state index in [0.29, 0.717) is 12.5 Å². The van der Waals surface area contributed by atoms with Crippen molar-refractivity contribution >= 4 is 41.1 Å². The zero-order valence-corrected chi connectivity index (χ0v) is 19.2. The molecule has 1 aromatic heterocycles. The lowest BCUT2D eigenvalue weighted by molar-refractivity contribution is 0.0972. The lowest BCUT2D eigenvalue weighted by atomic mass is 9.91. The third-order valence-electron chi connectivity index (χ3n) is 5.40. The number of amides is 1. The molecule has 2 rings (SSSR count). The number of anilines is 2. The summed E-state index contributed by atoms with van der Waals surface area (Å²) in [6.07, 6.45) is 6.26. The number of hydrogen-bond acceptors (Lipinski definition) is 8. The number of aliphatic imine (C=N–C) groups is 2. The van der Waals surface area contributed by atoms with E-state index in [1.165, 1.54) is 0 Å². The summed E-state index contributed by atoms with van der Waals surface area (Å²) in [5.41, 5.74) is 27.8. The minimum Gasteiger partial charge on any atom is -0.382 e. The third kappa shape index (κ3) is 7.68. The second kappa shape index (κ2) is 12.2. The lowest BCUT2D eigenvalue weighted by Gasteiger charge is -2.35. The highest BCUT2D eigenvalue weighted by Crippen LogP contribution is 2.24. The number of unbranched alkanes of at least 4 members (excludes halogenated alkanes) is 1. The molecule has 32 heavy (non-hydrogen) atoms. The fraction of sp³-hybridized carbons (Fsp3) is 0.632. The molecule has 0 aromatic carbocycles. The van der Waals surface area contributed by atoms with Gasteiger partial charge in [0.15, 0.2) is 34.4 Å². The fourth-order valence-corrected chi connectivity index (χ4v) is 3.84. The number of rotatable bonds is 9. The highest BCUT2D eigenvalue weighted by atomic mass is 35.5. The zero-order chi connectivity index (χ0) is 23.7. The first-order chi connectivity index (χ1) is 15.2. The number of hydrogen-bond donors (Lipinski definition) is 6. The van der Waals surface area contributed by atoms with Crippen molar-refractivity contribution in [3.8, 4) is 0 Å². The van der Waals surface area contributed by atoms with Crippen molar-refractivity contribution in [3.63, 3.8) is 0 Å². The van der Waals surface area contributed by atoms with Gasteiger partial charge in [-0.3, -0.25) is 20.0 Å². The summed E-state index contributed by atoms with van der Waals surface area (Å²) in [5, 5.41) is 2.33. The average Bonchev–Trinajstić information content (AvgIpc) is 2.74. The predicted octanol–water partition coefficient (Wildman–Crippen LogP) is 0.231. The summed E-state index contributed by atoms with van der Waals surface area (Å²) >= 11 is 5.79. The maximum atomic E-state index is 12.2. The Kier molecular flexibility index (Phi) is 9.72. The van der Waals surface area contributed by atoms with Crippen LogP contribution in [0.5, 0.6) is 0 Å². The second-order valence-corrected chi connectivity index (χ2v) is 8.13. The molecule has 0 spiro atoms. The van der Waals surface area contributed by atoms with Gasteiger partial charge < -0.3 is 28.7 Å². The molecule has 1 aliphatic heterocycles. The van der Waals surface area contributed by atoms with E-state index in [1.54, 1.807) is 0 Å². The number of guanidine groups is 2. The molecule has 1 amide bonds. The van der Waals surface area contributed by atoms with E-state index in [2.05, 4.69) is 37.1 Å². The van der Waals surface area contributed by atoms with Crippen LogP contribution in [0.25, 0.3) is 0 Å². The number of aromatic nitrogens is 2. The van der Waals surface area contributed by atoms with Gasteiger partial charge in [-0.2, -0.15) is 0 Å². The van der Waals surface area contributed by atoms with Crippen LogP contribution in [0.3, 0.4) is 0 Å². The Morgan fingerprint density at radius 2 is 1.88 bits per heavy atom. The van der Waals surface area contributed by atoms with Gasteiger partial charge in [0, 0.05) is 19.6 Å². The molecule has 1 unspecified atom stereocenters. The van der Waals surface area contributed by atoms with Gasteiger partial charge in [0.2, 0.25) is 0 Å². The van der Waals surface area contributed by atoms with E-state index < -0.39 is 5.91 Å². The Bertz CT molecular complexity index is 833.